The van der Waals surface area contributed by atoms with Crippen molar-refractivity contribution in [1.82, 2.24) is 4.98 Å². The van der Waals surface area contributed by atoms with E-state index in [1.165, 1.54) is 11.9 Å². The van der Waals surface area contributed by atoms with Gasteiger partial charge in [0.15, 0.2) is 5.66 Å². The molecule has 1 aromatic heterocycles. The number of hydrogen-bond acceptors (Lipinski definition) is 4. The highest BCUT2D eigenvalue weighted by Gasteiger charge is 2.35. The van der Waals surface area contributed by atoms with Crippen LogP contribution < -0.4 is 0 Å². The number of azo groups is 1. The standard InChI is InChI=1S/C12H16N4/c1-9(2)12(14-8-15-16-12)6-11-5-4-10(3)7-13-11/h4-5,7-9H,6H2,1-3H3. The van der Waals surface area contributed by atoms with Gasteiger partial charge in [0.25, 0.3) is 0 Å². The van der Waals surface area contributed by atoms with Gasteiger partial charge >= 0.3 is 0 Å². The summed E-state index contributed by atoms with van der Waals surface area (Å²) in [6.07, 6.45) is 4.12. The van der Waals surface area contributed by atoms with Gasteiger partial charge in [0, 0.05) is 24.2 Å². The van der Waals surface area contributed by atoms with Gasteiger partial charge in [-0.1, -0.05) is 19.9 Å². The number of rotatable bonds is 3. The van der Waals surface area contributed by atoms with E-state index in [0.29, 0.717) is 12.3 Å². The van der Waals surface area contributed by atoms with Crippen LogP contribution in [0.4, 0.5) is 0 Å². The molecule has 1 aliphatic heterocycles. The molecule has 84 valence electrons. The van der Waals surface area contributed by atoms with Crippen LogP contribution in [0.2, 0.25) is 0 Å². The second-order valence-corrected chi connectivity index (χ2v) is 4.50. The zero-order valence-corrected chi connectivity index (χ0v) is 9.88. The molecule has 0 bridgehead atoms. The molecule has 0 saturated carbocycles. The van der Waals surface area contributed by atoms with E-state index in [0.717, 1.165) is 5.69 Å². The lowest BCUT2D eigenvalue weighted by Crippen LogP contribution is -2.32. The van der Waals surface area contributed by atoms with Gasteiger partial charge in [-0.25, -0.2) is 4.99 Å². The quantitative estimate of drug-likeness (QED) is 0.766. The number of aryl methyl sites for hydroxylation is 1. The average molecular weight is 216 g/mol. The van der Waals surface area contributed by atoms with Gasteiger partial charge in [0.2, 0.25) is 0 Å². The van der Waals surface area contributed by atoms with Gasteiger partial charge < -0.3 is 0 Å². The van der Waals surface area contributed by atoms with Gasteiger partial charge in [0.1, 0.15) is 6.34 Å². The maximum atomic E-state index is 4.39. The minimum Gasteiger partial charge on any atom is -0.261 e. The zero-order valence-electron chi connectivity index (χ0n) is 9.88. The van der Waals surface area contributed by atoms with Crippen molar-refractivity contribution in [1.29, 1.82) is 0 Å². The molecule has 0 spiro atoms. The van der Waals surface area contributed by atoms with Crippen molar-refractivity contribution in [2.45, 2.75) is 32.9 Å². The summed E-state index contributed by atoms with van der Waals surface area (Å²) in [6, 6.07) is 4.09. The maximum absolute atomic E-state index is 4.39. The molecule has 0 aromatic carbocycles. The Bertz CT molecular complexity index is 405. The van der Waals surface area contributed by atoms with Gasteiger partial charge in [-0.05, 0) is 18.6 Å². The summed E-state index contributed by atoms with van der Waals surface area (Å²) in [4.78, 5) is 8.78. The summed E-state index contributed by atoms with van der Waals surface area (Å²) >= 11 is 0. The van der Waals surface area contributed by atoms with Crippen LogP contribution >= 0.6 is 0 Å². The van der Waals surface area contributed by atoms with Crippen molar-refractivity contribution >= 4 is 6.34 Å². The molecule has 1 atom stereocenters. The van der Waals surface area contributed by atoms with Crippen LogP contribution in [0.25, 0.3) is 0 Å². The summed E-state index contributed by atoms with van der Waals surface area (Å²) < 4.78 is 0. The van der Waals surface area contributed by atoms with Crippen molar-refractivity contribution in [2.75, 3.05) is 0 Å². The Morgan fingerprint density at radius 1 is 1.31 bits per heavy atom. The SMILES string of the molecule is Cc1ccc(CC2(C(C)C)N=CN=N2)nc1. The second kappa shape index (κ2) is 4.12. The van der Waals surface area contributed by atoms with Gasteiger partial charge in [-0.2, -0.15) is 5.11 Å². The van der Waals surface area contributed by atoms with Crippen LogP contribution in [0.1, 0.15) is 25.1 Å². The van der Waals surface area contributed by atoms with Gasteiger partial charge in [0.05, 0.1) is 0 Å². The van der Waals surface area contributed by atoms with Gasteiger partial charge in [-0.3, -0.25) is 4.98 Å². The molecule has 0 N–H and O–H groups in total. The molecule has 0 radical (unpaired) electrons. The molecule has 1 aromatic rings. The molecule has 1 unspecified atom stereocenters. The van der Waals surface area contributed by atoms with E-state index >= 15 is 0 Å². The average Bonchev–Trinajstić information content (AvgIpc) is 2.71. The fourth-order valence-corrected chi connectivity index (χ4v) is 1.70. The van der Waals surface area contributed by atoms with Crippen LogP contribution in [0, 0.1) is 12.8 Å². The first-order valence-corrected chi connectivity index (χ1v) is 5.50. The lowest BCUT2D eigenvalue weighted by atomic mass is 9.92. The van der Waals surface area contributed by atoms with E-state index in [2.05, 4.69) is 40.1 Å². The Morgan fingerprint density at radius 3 is 2.62 bits per heavy atom. The molecule has 0 amide bonds. The zero-order chi connectivity index (χ0) is 11.6. The molecule has 2 rings (SSSR count). The van der Waals surface area contributed by atoms with Gasteiger partial charge in [-0.15, -0.1) is 5.11 Å². The highest BCUT2D eigenvalue weighted by Crippen LogP contribution is 2.30. The van der Waals surface area contributed by atoms with E-state index in [1.54, 1.807) is 0 Å². The topological polar surface area (TPSA) is 50.0 Å². The summed E-state index contributed by atoms with van der Waals surface area (Å²) in [5, 5.41) is 8.12. The Kier molecular flexibility index (Phi) is 2.81. The van der Waals surface area contributed by atoms with E-state index in [-0.39, 0.29) is 0 Å². The van der Waals surface area contributed by atoms with Crippen LogP contribution in [0.3, 0.4) is 0 Å². The van der Waals surface area contributed by atoms with E-state index < -0.39 is 5.66 Å². The Hall–Kier alpha value is -1.58. The van der Waals surface area contributed by atoms with Crippen LogP contribution in [-0.2, 0) is 6.42 Å². The smallest absolute Gasteiger partial charge is 0.180 e. The number of nitrogens with zero attached hydrogens (tertiary/aromatic N) is 4. The minimum absolute atomic E-state index is 0.318. The molecule has 16 heavy (non-hydrogen) atoms. The molecule has 4 nitrogen and oxygen atoms in total. The maximum Gasteiger partial charge on any atom is 0.180 e. The first-order valence-electron chi connectivity index (χ1n) is 5.50. The number of pyridine rings is 1. The van der Waals surface area contributed by atoms with E-state index in [1.807, 2.05) is 19.2 Å². The summed E-state index contributed by atoms with van der Waals surface area (Å²) in [7, 11) is 0. The lowest BCUT2D eigenvalue weighted by Gasteiger charge is -2.25. The van der Waals surface area contributed by atoms with Crippen molar-refractivity contribution in [3.8, 4) is 0 Å². The highest BCUT2D eigenvalue weighted by atomic mass is 15.3. The molecule has 0 fully saturated rings. The fourth-order valence-electron chi connectivity index (χ4n) is 1.70. The van der Waals surface area contributed by atoms with Crippen LogP contribution in [0.15, 0.2) is 33.6 Å². The molecular formula is C12H16N4. The van der Waals surface area contributed by atoms with Crippen molar-refractivity contribution in [3.63, 3.8) is 0 Å². The summed E-state index contributed by atoms with van der Waals surface area (Å²) in [6.45, 7) is 6.24. The van der Waals surface area contributed by atoms with Crippen molar-refractivity contribution in [2.24, 2.45) is 21.1 Å². The molecule has 1 aliphatic rings. The lowest BCUT2D eigenvalue weighted by molar-refractivity contribution is 0.320. The van der Waals surface area contributed by atoms with Crippen molar-refractivity contribution < 1.29 is 0 Å². The van der Waals surface area contributed by atoms with Crippen LogP contribution in [-0.4, -0.2) is 17.0 Å². The number of aromatic nitrogens is 1. The molecule has 4 heteroatoms. The normalized spacial score (nSPS) is 23.2. The first-order chi connectivity index (χ1) is 7.62. The predicted molar refractivity (Wildman–Crippen MR) is 63.6 cm³/mol. The number of hydrogen-bond donors (Lipinski definition) is 0. The third-order valence-electron chi connectivity index (χ3n) is 2.90. The van der Waals surface area contributed by atoms with Crippen molar-refractivity contribution in [3.05, 3.63) is 29.6 Å². The molecular weight excluding hydrogens is 200 g/mol. The third kappa shape index (κ3) is 2.01. The Morgan fingerprint density at radius 2 is 2.12 bits per heavy atom. The second-order valence-electron chi connectivity index (χ2n) is 4.50. The largest absolute Gasteiger partial charge is 0.261 e. The van der Waals surface area contributed by atoms with E-state index in [4.69, 9.17) is 0 Å². The molecule has 0 aliphatic carbocycles. The first kappa shape index (κ1) is 10.9. The molecule has 2 heterocycles. The van der Waals surface area contributed by atoms with E-state index in [9.17, 15) is 0 Å². The van der Waals surface area contributed by atoms with Crippen LogP contribution in [0.5, 0.6) is 0 Å². The predicted octanol–water partition coefficient (Wildman–Crippen LogP) is 2.78. The summed E-state index contributed by atoms with van der Waals surface area (Å²) in [5.74, 6) is 0.318. The number of aliphatic imine (C=N–C) groups is 1. The Balaban J connectivity index is 2.22. The Labute approximate surface area is 95.5 Å². The molecule has 0 saturated heterocycles. The third-order valence-corrected chi connectivity index (χ3v) is 2.90. The highest BCUT2D eigenvalue weighted by molar-refractivity contribution is 5.57. The summed E-state index contributed by atoms with van der Waals surface area (Å²) in [5.41, 5.74) is 1.73. The minimum atomic E-state index is -0.442. The monoisotopic (exact) mass is 216 g/mol. The fraction of sp³-hybridized carbons (Fsp3) is 0.500.